The second kappa shape index (κ2) is 5.34. The highest BCUT2D eigenvalue weighted by Gasteiger charge is 2.64. The van der Waals surface area contributed by atoms with Crippen LogP contribution in [0, 0.1) is 39.9 Å². The summed E-state index contributed by atoms with van der Waals surface area (Å²) in [5.41, 5.74) is 0.412. The van der Waals surface area contributed by atoms with E-state index in [2.05, 4.69) is 26.0 Å². The number of allylic oxidation sites excluding steroid dienone is 1. The van der Waals surface area contributed by atoms with Crippen LogP contribution in [-0.2, 0) is 9.47 Å². The Balaban J connectivity index is 1.47. The molecule has 1 N–H and O–H groups in total. The van der Waals surface area contributed by atoms with E-state index in [0.29, 0.717) is 24.2 Å². The third-order valence-electron chi connectivity index (χ3n) is 9.26. The van der Waals surface area contributed by atoms with Crippen LogP contribution in [0.5, 0.6) is 0 Å². The topological polar surface area (TPSA) is 62.5 Å². The van der Waals surface area contributed by atoms with Crippen LogP contribution < -0.4 is 0 Å². The van der Waals surface area contributed by atoms with Crippen LogP contribution in [0.3, 0.4) is 0 Å². The minimum atomic E-state index is -1.13. The standard InChI is InChI=1S/C22H31NO3/c1-19-9-10-22(25-11-12-26-22)13-15(19)3-4-16-17(19)5-7-20(2)18(16)6-8-21(20,24)14-23/h3,16-18,24H,4-13H2,1-2H3/t16-,17+,18-,19+,20-,21+/m1/s1. The van der Waals surface area contributed by atoms with E-state index < -0.39 is 5.60 Å². The molecule has 26 heavy (non-hydrogen) atoms. The maximum absolute atomic E-state index is 11.0. The molecule has 3 saturated carbocycles. The van der Waals surface area contributed by atoms with Crippen molar-refractivity contribution in [3.63, 3.8) is 0 Å². The SMILES string of the molecule is C[C@]12CCC3(CC1=CC[C@H]1[C@H]4CC[C@](O)(C#N)[C@]4(C)CC[C@@H]12)OCCO3. The number of ether oxygens (including phenoxy) is 2. The van der Waals surface area contributed by atoms with Crippen LogP contribution in [0.4, 0.5) is 0 Å². The van der Waals surface area contributed by atoms with E-state index in [1.165, 1.54) is 0 Å². The zero-order chi connectivity index (χ0) is 18.2. The summed E-state index contributed by atoms with van der Waals surface area (Å²) in [5, 5.41) is 20.6. The molecule has 0 aromatic rings. The van der Waals surface area contributed by atoms with Crippen molar-refractivity contribution >= 4 is 0 Å². The van der Waals surface area contributed by atoms with Gasteiger partial charge in [0.2, 0.25) is 0 Å². The lowest BCUT2D eigenvalue weighted by atomic mass is 9.47. The molecule has 0 amide bonds. The molecule has 1 spiro atoms. The fraction of sp³-hybridized carbons (Fsp3) is 0.864. The lowest BCUT2D eigenvalue weighted by Crippen LogP contribution is -2.55. The van der Waals surface area contributed by atoms with Crippen molar-refractivity contribution in [2.24, 2.45) is 28.6 Å². The fourth-order valence-corrected chi connectivity index (χ4v) is 7.55. The molecule has 4 nitrogen and oxygen atoms in total. The minimum absolute atomic E-state index is 0.234. The highest BCUT2D eigenvalue weighted by molar-refractivity contribution is 5.28. The highest BCUT2D eigenvalue weighted by Crippen LogP contribution is 2.67. The molecule has 1 aliphatic heterocycles. The van der Waals surface area contributed by atoms with Crippen molar-refractivity contribution in [1.82, 2.24) is 0 Å². The Kier molecular flexibility index (Phi) is 3.54. The number of rotatable bonds is 0. The maximum Gasteiger partial charge on any atom is 0.172 e. The van der Waals surface area contributed by atoms with Crippen molar-refractivity contribution in [3.05, 3.63) is 11.6 Å². The molecule has 0 aromatic carbocycles. The Hall–Kier alpha value is -0.890. The maximum atomic E-state index is 11.0. The van der Waals surface area contributed by atoms with Crippen molar-refractivity contribution in [3.8, 4) is 6.07 Å². The molecule has 6 atom stereocenters. The van der Waals surface area contributed by atoms with Gasteiger partial charge in [0.1, 0.15) is 0 Å². The first-order chi connectivity index (χ1) is 12.4. The quantitative estimate of drug-likeness (QED) is 0.527. The molecule has 4 heteroatoms. The lowest BCUT2D eigenvalue weighted by Gasteiger charge is -2.59. The van der Waals surface area contributed by atoms with Crippen LogP contribution in [0.1, 0.15) is 65.2 Å². The number of nitriles is 1. The van der Waals surface area contributed by atoms with Gasteiger partial charge in [-0.15, -0.1) is 0 Å². The number of aliphatic hydroxyl groups is 1. The van der Waals surface area contributed by atoms with Gasteiger partial charge >= 0.3 is 0 Å². The van der Waals surface area contributed by atoms with Crippen LogP contribution in [0.25, 0.3) is 0 Å². The number of hydrogen-bond acceptors (Lipinski definition) is 4. The summed E-state index contributed by atoms with van der Waals surface area (Å²) in [6.07, 6.45) is 10.4. The Bertz CT molecular complexity index is 690. The van der Waals surface area contributed by atoms with Crippen LogP contribution in [0.15, 0.2) is 11.6 Å². The number of nitrogens with zero attached hydrogens (tertiary/aromatic N) is 1. The van der Waals surface area contributed by atoms with Crippen molar-refractivity contribution in [1.29, 1.82) is 5.26 Å². The van der Waals surface area contributed by atoms with E-state index >= 15 is 0 Å². The zero-order valence-corrected chi connectivity index (χ0v) is 16.1. The Labute approximate surface area is 156 Å². The first-order valence-corrected chi connectivity index (χ1v) is 10.5. The summed E-state index contributed by atoms with van der Waals surface area (Å²) in [4.78, 5) is 0. The summed E-state index contributed by atoms with van der Waals surface area (Å²) >= 11 is 0. The molecular formula is C22H31NO3. The van der Waals surface area contributed by atoms with Crippen molar-refractivity contribution in [2.45, 2.75) is 76.6 Å². The van der Waals surface area contributed by atoms with E-state index in [0.717, 1.165) is 58.2 Å². The van der Waals surface area contributed by atoms with Gasteiger partial charge in [0.05, 0.1) is 19.3 Å². The number of fused-ring (bicyclic) bond motifs is 5. The summed E-state index contributed by atoms with van der Waals surface area (Å²) < 4.78 is 12.0. The van der Waals surface area contributed by atoms with Gasteiger partial charge in [-0.2, -0.15) is 5.26 Å². The second-order valence-corrected chi connectivity index (χ2v) is 10.0. The van der Waals surface area contributed by atoms with E-state index in [1.807, 2.05) is 0 Å². The summed E-state index contributed by atoms with van der Waals surface area (Å²) in [7, 11) is 0. The van der Waals surface area contributed by atoms with Gasteiger partial charge in [-0.3, -0.25) is 0 Å². The second-order valence-electron chi connectivity index (χ2n) is 10.0. The first kappa shape index (κ1) is 17.2. The minimum Gasteiger partial charge on any atom is -0.375 e. The number of hydrogen-bond donors (Lipinski definition) is 1. The summed E-state index contributed by atoms with van der Waals surface area (Å²) in [6.45, 7) is 6.10. The predicted molar refractivity (Wildman–Crippen MR) is 96.9 cm³/mol. The van der Waals surface area contributed by atoms with Gasteiger partial charge in [-0.25, -0.2) is 0 Å². The Morgan fingerprint density at radius 1 is 1.08 bits per heavy atom. The Morgan fingerprint density at radius 2 is 1.81 bits per heavy atom. The molecule has 0 radical (unpaired) electrons. The van der Waals surface area contributed by atoms with Gasteiger partial charge in [-0.05, 0) is 61.7 Å². The summed E-state index contributed by atoms with van der Waals surface area (Å²) in [5.74, 6) is 1.38. The molecule has 0 unspecified atom stereocenters. The van der Waals surface area contributed by atoms with Crippen LogP contribution >= 0.6 is 0 Å². The molecule has 4 aliphatic carbocycles. The van der Waals surface area contributed by atoms with E-state index in [9.17, 15) is 10.4 Å². The van der Waals surface area contributed by atoms with Crippen molar-refractivity contribution < 1.29 is 14.6 Å². The Morgan fingerprint density at radius 3 is 2.54 bits per heavy atom. The highest BCUT2D eigenvalue weighted by atomic mass is 16.7. The van der Waals surface area contributed by atoms with Crippen LogP contribution in [-0.4, -0.2) is 29.7 Å². The molecule has 5 rings (SSSR count). The largest absolute Gasteiger partial charge is 0.375 e. The van der Waals surface area contributed by atoms with E-state index in [-0.39, 0.29) is 16.6 Å². The lowest BCUT2D eigenvalue weighted by molar-refractivity contribution is -0.186. The third kappa shape index (κ3) is 2.00. The molecule has 5 aliphatic rings. The molecular weight excluding hydrogens is 326 g/mol. The van der Waals surface area contributed by atoms with Gasteiger partial charge in [0, 0.05) is 18.3 Å². The fourth-order valence-electron chi connectivity index (χ4n) is 7.55. The van der Waals surface area contributed by atoms with E-state index in [1.54, 1.807) is 5.57 Å². The van der Waals surface area contributed by atoms with Gasteiger partial charge < -0.3 is 14.6 Å². The average molecular weight is 357 g/mol. The molecule has 1 heterocycles. The molecule has 0 aromatic heterocycles. The third-order valence-corrected chi connectivity index (χ3v) is 9.26. The van der Waals surface area contributed by atoms with Crippen LogP contribution in [0.2, 0.25) is 0 Å². The van der Waals surface area contributed by atoms with Gasteiger partial charge in [0.15, 0.2) is 11.4 Å². The van der Waals surface area contributed by atoms with Gasteiger partial charge in [0.25, 0.3) is 0 Å². The molecule has 4 fully saturated rings. The van der Waals surface area contributed by atoms with Crippen molar-refractivity contribution in [2.75, 3.05) is 13.2 Å². The normalized spacial score (nSPS) is 51.9. The zero-order valence-electron chi connectivity index (χ0n) is 16.1. The molecule has 1 saturated heterocycles. The van der Waals surface area contributed by atoms with Gasteiger partial charge in [-0.1, -0.05) is 25.5 Å². The summed E-state index contributed by atoms with van der Waals surface area (Å²) in [6, 6.07) is 2.28. The smallest absolute Gasteiger partial charge is 0.172 e. The monoisotopic (exact) mass is 357 g/mol. The average Bonchev–Trinajstić information content (AvgIpc) is 3.19. The first-order valence-electron chi connectivity index (χ1n) is 10.5. The molecule has 0 bridgehead atoms. The van der Waals surface area contributed by atoms with E-state index in [4.69, 9.17) is 9.47 Å². The predicted octanol–water partition coefficient (Wildman–Crippen LogP) is 3.95. The molecule has 142 valence electrons.